The Morgan fingerprint density at radius 1 is 1.42 bits per heavy atom. The molecule has 106 valence electrons. The number of rotatable bonds is 4. The van der Waals surface area contributed by atoms with E-state index < -0.39 is 29.8 Å². The molecule has 1 rings (SSSR count). The van der Waals surface area contributed by atoms with Gasteiger partial charge < -0.3 is 20.3 Å². The molecule has 0 aliphatic heterocycles. The predicted octanol–water partition coefficient (Wildman–Crippen LogP) is 1.20. The third-order valence-corrected chi connectivity index (χ3v) is 2.37. The molecule has 0 heterocycles. The van der Waals surface area contributed by atoms with Crippen LogP contribution in [0.5, 0.6) is 0 Å². The van der Waals surface area contributed by atoms with Crippen LogP contribution in [0.1, 0.15) is 23.7 Å². The van der Waals surface area contributed by atoms with Crippen LogP contribution in [0.2, 0.25) is 0 Å². The summed E-state index contributed by atoms with van der Waals surface area (Å²) in [4.78, 5) is 10.0. The molecule has 1 aromatic rings. The number of benzene rings is 1. The van der Waals surface area contributed by atoms with Crippen LogP contribution in [-0.2, 0) is 6.18 Å². The molecule has 0 bridgehead atoms. The molecule has 2 N–H and O–H groups in total. The van der Waals surface area contributed by atoms with Crippen LogP contribution >= 0.6 is 0 Å². The van der Waals surface area contributed by atoms with Crippen molar-refractivity contribution < 1.29 is 32.6 Å². The number of carboxylic acid groups (broad SMARTS) is 1. The molecule has 8 heteroatoms. The minimum absolute atomic E-state index is 0.0642. The summed E-state index contributed by atoms with van der Waals surface area (Å²) in [6.45, 7) is -0.161. The molecule has 4 nitrogen and oxygen atoms in total. The maximum atomic E-state index is 13.2. The molecule has 0 saturated carbocycles. The van der Waals surface area contributed by atoms with Crippen molar-refractivity contribution in [3.63, 3.8) is 0 Å². The molecule has 1 unspecified atom stereocenters. The molecule has 19 heavy (non-hydrogen) atoms. The van der Waals surface area contributed by atoms with Gasteiger partial charge in [-0.2, -0.15) is 13.2 Å². The zero-order valence-corrected chi connectivity index (χ0v) is 9.50. The molecule has 0 fully saturated rings. The first-order chi connectivity index (χ1) is 8.71. The van der Waals surface area contributed by atoms with Gasteiger partial charge >= 0.3 is 6.18 Å². The van der Waals surface area contributed by atoms with Gasteiger partial charge in [0, 0.05) is 6.54 Å². The molecule has 1 atom stereocenters. The number of halogens is 4. The van der Waals surface area contributed by atoms with Gasteiger partial charge in [0.15, 0.2) is 0 Å². The smallest absolute Gasteiger partial charge is 0.419 e. The van der Waals surface area contributed by atoms with Crippen LogP contribution in [0, 0.1) is 5.82 Å². The number of hydrogen-bond acceptors (Lipinski definition) is 3. The van der Waals surface area contributed by atoms with Crippen molar-refractivity contribution in [2.75, 3.05) is 6.54 Å². The van der Waals surface area contributed by atoms with E-state index in [9.17, 15) is 32.6 Å². The van der Waals surface area contributed by atoms with Gasteiger partial charge in [0.25, 0.3) is 0 Å². The van der Waals surface area contributed by atoms with E-state index in [0.717, 1.165) is 6.07 Å². The largest absolute Gasteiger partial charge is 0.530 e. The third-order valence-electron chi connectivity index (χ3n) is 2.37. The first-order valence-electron chi connectivity index (χ1n) is 5.21. The summed E-state index contributed by atoms with van der Waals surface area (Å²) in [5.41, 5.74) is -1.48. The van der Waals surface area contributed by atoms with Gasteiger partial charge in [0.1, 0.15) is 11.9 Å². The average Bonchev–Trinajstić information content (AvgIpc) is 2.26. The van der Waals surface area contributed by atoms with E-state index in [0.29, 0.717) is 12.1 Å². The monoisotopic (exact) mass is 280 g/mol. The van der Waals surface area contributed by atoms with Crippen LogP contribution in [0.25, 0.3) is 0 Å². The lowest BCUT2D eigenvalue weighted by Gasteiger charge is -2.14. The number of carbonyl (C=O) groups excluding carboxylic acids is 1. The van der Waals surface area contributed by atoms with Gasteiger partial charge in [-0.25, -0.2) is 4.39 Å². The van der Waals surface area contributed by atoms with E-state index in [4.69, 9.17) is 0 Å². The SMILES string of the molecule is O=C([O-])NCCC(O)c1ccc(C(F)(F)F)c(F)c1. The summed E-state index contributed by atoms with van der Waals surface area (Å²) < 4.78 is 50.1. The number of carbonyl (C=O) groups is 1. The standard InChI is InChI=1S/C11H11F4NO3/c12-8-5-6(1-2-7(8)11(13,14)15)9(17)3-4-16-10(18)19/h1-2,5,9,16-17H,3-4H2,(H,18,19)/p-1. The number of nitrogens with one attached hydrogen (secondary N) is 1. The van der Waals surface area contributed by atoms with Gasteiger partial charge in [-0.1, -0.05) is 6.07 Å². The van der Waals surface area contributed by atoms with E-state index in [1.165, 1.54) is 0 Å². The van der Waals surface area contributed by atoms with E-state index in [2.05, 4.69) is 0 Å². The van der Waals surface area contributed by atoms with Crippen molar-refractivity contribution in [1.82, 2.24) is 5.32 Å². The molecule has 0 aromatic heterocycles. The van der Waals surface area contributed by atoms with Gasteiger partial charge in [-0.05, 0) is 24.1 Å². The molecular formula is C11H10F4NO3-. The van der Waals surface area contributed by atoms with Gasteiger partial charge in [-0.15, -0.1) is 0 Å². The highest BCUT2D eigenvalue weighted by molar-refractivity contribution is 5.61. The Labute approximate surface area is 105 Å². The van der Waals surface area contributed by atoms with E-state index >= 15 is 0 Å². The fraction of sp³-hybridized carbons (Fsp3) is 0.364. The minimum atomic E-state index is -4.80. The van der Waals surface area contributed by atoms with Crippen LogP contribution in [-0.4, -0.2) is 17.7 Å². The number of aliphatic hydroxyl groups is 1. The molecule has 0 saturated heterocycles. The quantitative estimate of drug-likeness (QED) is 0.814. The van der Waals surface area contributed by atoms with Gasteiger partial charge in [-0.3, -0.25) is 0 Å². The Bertz CT molecular complexity index is 462. The Balaban J connectivity index is 2.75. The summed E-state index contributed by atoms with van der Waals surface area (Å²) in [5.74, 6) is -1.49. The molecule has 1 amide bonds. The van der Waals surface area contributed by atoms with Crippen molar-refractivity contribution in [3.05, 3.63) is 35.1 Å². The molecule has 0 aliphatic rings. The van der Waals surface area contributed by atoms with Crippen molar-refractivity contribution in [2.45, 2.75) is 18.7 Å². The third kappa shape index (κ3) is 4.40. The topological polar surface area (TPSA) is 72.4 Å². The Kier molecular flexibility index (Phi) is 4.71. The molecule has 1 aromatic carbocycles. The van der Waals surface area contributed by atoms with Gasteiger partial charge in [0.05, 0.1) is 11.7 Å². The van der Waals surface area contributed by atoms with Crippen molar-refractivity contribution >= 4 is 6.09 Å². The van der Waals surface area contributed by atoms with E-state index in [1.54, 1.807) is 0 Å². The lowest BCUT2D eigenvalue weighted by molar-refractivity contribution is -0.250. The lowest BCUT2D eigenvalue weighted by Crippen LogP contribution is -2.37. The molecule has 0 aliphatic carbocycles. The highest BCUT2D eigenvalue weighted by Crippen LogP contribution is 2.32. The second kappa shape index (κ2) is 5.87. The summed E-state index contributed by atoms with van der Waals surface area (Å²) in [6, 6.07) is 2.04. The zero-order chi connectivity index (χ0) is 14.6. The van der Waals surface area contributed by atoms with Crippen molar-refractivity contribution in [1.29, 1.82) is 0 Å². The molecular weight excluding hydrogens is 270 g/mol. The zero-order valence-electron chi connectivity index (χ0n) is 9.50. The van der Waals surface area contributed by atoms with Crippen LogP contribution in [0.15, 0.2) is 18.2 Å². The summed E-state index contributed by atoms with van der Waals surface area (Å²) in [7, 11) is 0. The number of hydrogen-bond donors (Lipinski definition) is 2. The predicted molar refractivity (Wildman–Crippen MR) is 54.4 cm³/mol. The second-order valence-corrected chi connectivity index (χ2v) is 3.76. The summed E-state index contributed by atoms with van der Waals surface area (Å²) in [5, 5.41) is 21.5. The fourth-order valence-electron chi connectivity index (χ4n) is 1.45. The van der Waals surface area contributed by atoms with Crippen LogP contribution in [0.3, 0.4) is 0 Å². The maximum Gasteiger partial charge on any atom is 0.419 e. The van der Waals surface area contributed by atoms with Crippen LogP contribution < -0.4 is 10.4 Å². The van der Waals surface area contributed by atoms with E-state index in [-0.39, 0.29) is 18.5 Å². The average molecular weight is 280 g/mol. The van der Waals surface area contributed by atoms with Crippen molar-refractivity contribution in [2.24, 2.45) is 0 Å². The fourth-order valence-corrected chi connectivity index (χ4v) is 1.45. The lowest BCUT2D eigenvalue weighted by atomic mass is 10.0. The summed E-state index contributed by atoms with van der Waals surface area (Å²) in [6.07, 6.45) is -7.72. The molecule has 0 spiro atoms. The van der Waals surface area contributed by atoms with E-state index in [1.807, 2.05) is 5.32 Å². The second-order valence-electron chi connectivity index (χ2n) is 3.76. The maximum absolute atomic E-state index is 13.2. The highest BCUT2D eigenvalue weighted by Gasteiger charge is 2.34. The van der Waals surface area contributed by atoms with Crippen molar-refractivity contribution in [3.8, 4) is 0 Å². The van der Waals surface area contributed by atoms with Gasteiger partial charge in [0.2, 0.25) is 0 Å². The number of amides is 1. The first kappa shape index (κ1) is 15.2. The first-order valence-corrected chi connectivity index (χ1v) is 5.21. The van der Waals surface area contributed by atoms with Crippen LogP contribution in [0.4, 0.5) is 22.4 Å². The highest BCUT2D eigenvalue weighted by atomic mass is 19.4. The number of alkyl halides is 3. The normalized spacial score (nSPS) is 13.1. The number of aliphatic hydroxyl groups excluding tert-OH is 1. The Hall–Kier alpha value is -1.83. The molecule has 0 radical (unpaired) electrons. The Morgan fingerprint density at radius 3 is 2.53 bits per heavy atom. The minimum Gasteiger partial charge on any atom is -0.530 e. The Morgan fingerprint density at radius 2 is 2.05 bits per heavy atom. The summed E-state index contributed by atoms with van der Waals surface area (Å²) >= 11 is 0.